The molecular formula is C27H48O2. The number of ether oxygens (including phenoxy) is 1. The van der Waals surface area contributed by atoms with Crippen molar-refractivity contribution in [2.24, 2.45) is 23.2 Å². The van der Waals surface area contributed by atoms with Gasteiger partial charge in [-0.1, -0.05) is 78.1 Å². The lowest BCUT2D eigenvalue weighted by Gasteiger charge is -2.42. The van der Waals surface area contributed by atoms with Crippen LogP contribution in [0.1, 0.15) is 136 Å². The summed E-state index contributed by atoms with van der Waals surface area (Å²) in [6, 6.07) is 0. The van der Waals surface area contributed by atoms with Gasteiger partial charge in [-0.25, -0.2) is 0 Å². The van der Waals surface area contributed by atoms with Gasteiger partial charge in [-0.15, -0.1) is 0 Å². The highest BCUT2D eigenvalue weighted by molar-refractivity contribution is 5.77. The lowest BCUT2D eigenvalue weighted by Crippen LogP contribution is -2.40. The summed E-state index contributed by atoms with van der Waals surface area (Å²) in [7, 11) is 0. The number of unbranched alkanes of at least 4 members (excludes halogenated alkanes) is 2. The molecule has 0 N–H and O–H groups in total. The Morgan fingerprint density at radius 1 is 0.793 bits per heavy atom. The highest BCUT2D eigenvalue weighted by atomic mass is 16.5. The van der Waals surface area contributed by atoms with Crippen molar-refractivity contribution < 1.29 is 9.53 Å². The van der Waals surface area contributed by atoms with E-state index < -0.39 is 0 Å². The number of hydrogen-bond donors (Lipinski definition) is 0. The molecule has 0 heterocycles. The van der Waals surface area contributed by atoms with Crippen LogP contribution in [0, 0.1) is 23.2 Å². The molecule has 3 saturated carbocycles. The Hall–Kier alpha value is -0.530. The number of esters is 1. The Balaban J connectivity index is 1.46. The summed E-state index contributed by atoms with van der Waals surface area (Å²) in [5.74, 6) is 2.89. The van der Waals surface area contributed by atoms with Crippen LogP contribution in [0.25, 0.3) is 0 Å². The smallest absolute Gasteiger partial charge is 0.312 e. The minimum atomic E-state index is -0.155. The predicted molar refractivity (Wildman–Crippen MR) is 122 cm³/mol. The molecule has 0 radical (unpaired) electrons. The molecule has 0 aromatic rings. The van der Waals surface area contributed by atoms with Crippen LogP contribution >= 0.6 is 0 Å². The van der Waals surface area contributed by atoms with Crippen molar-refractivity contribution in [3.8, 4) is 0 Å². The van der Waals surface area contributed by atoms with Crippen molar-refractivity contribution in [2.75, 3.05) is 0 Å². The van der Waals surface area contributed by atoms with Crippen LogP contribution in [-0.4, -0.2) is 12.1 Å². The van der Waals surface area contributed by atoms with Crippen molar-refractivity contribution in [1.29, 1.82) is 0 Å². The van der Waals surface area contributed by atoms with Crippen LogP contribution in [0.4, 0.5) is 0 Å². The van der Waals surface area contributed by atoms with E-state index in [1.54, 1.807) is 0 Å². The number of carbonyl (C=O) groups excluding carboxylic acids is 1. The average Bonchev–Trinajstić information content (AvgIpc) is 2.76. The van der Waals surface area contributed by atoms with Gasteiger partial charge in [-0.2, -0.15) is 0 Å². The van der Waals surface area contributed by atoms with Gasteiger partial charge in [0.2, 0.25) is 0 Å². The molecule has 0 atom stereocenters. The molecule has 3 aliphatic rings. The van der Waals surface area contributed by atoms with Crippen LogP contribution in [0.5, 0.6) is 0 Å². The fourth-order valence-electron chi connectivity index (χ4n) is 6.80. The van der Waals surface area contributed by atoms with E-state index in [-0.39, 0.29) is 17.5 Å². The fraction of sp³-hybridized carbons (Fsp3) is 0.963. The second-order valence-electron chi connectivity index (χ2n) is 10.8. The Labute approximate surface area is 180 Å². The summed E-state index contributed by atoms with van der Waals surface area (Å²) in [5, 5.41) is 0. The second-order valence-corrected chi connectivity index (χ2v) is 10.8. The van der Waals surface area contributed by atoms with E-state index in [9.17, 15) is 4.79 Å². The zero-order valence-corrected chi connectivity index (χ0v) is 19.6. The minimum absolute atomic E-state index is 0.155. The first-order valence-electron chi connectivity index (χ1n) is 13.4. The summed E-state index contributed by atoms with van der Waals surface area (Å²) < 4.78 is 6.20. The maximum Gasteiger partial charge on any atom is 0.312 e. The van der Waals surface area contributed by atoms with Crippen molar-refractivity contribution in [2.45, 2.75) is 142 Å². The third kappa shape index (κ3) is 6.47. The van der Waals surface area contributed by atoms with Gasteiger partial charge in [-0.05, 0) is 75.5 Å². The maximum absolute atomic E-state index is 13.3. The summed E-state index contributed by atoms with van der Waals surface area (Å²) >= 11 is 0. The first-order chi connectivity index (χ1) is 14.2. The highest BCUT2D eigenvalue weighted by Crippen LogP contribution is 2.48. The zero-order valence-electron chi connectivity index (χ0n) is 19.6. The molecule has 29 heavy (non-hydrogen) atoms. The minimum Gasteiger partial charge on any atom is -0.462 e. The van der Waals surface area contributed by atoms with Crippen LogP contribution in [-0.2, 0) is 9.53 Å². The lowest BCUT2D eigenvalue weighted by molar-refractivity contribution is -0.167. The van der Waals surface area contributed by atoms with E-state index >= 15 is 0 Å². The van der Waals surface area contributed by atoms with Gasteiger partial charge in [0.1, 0.15) is 6.10 Å². The van der Waals surface area contributed by atoms with Crippen molar-refractivity contribution >= 4 is 5.97 Å². The molecular weight excluding hydrogens is 356 g/mol. The van der Waals surface area contributed by atoms with Crippen molar-refractivity contribution in [3.05, 3.63) is 0 Å². The third-order valence-corrected chi connectivity index (χ3v) is 8.75. The van der Waals surface area contributed by atoms with E-state index in [1.165, 1.54) is 83.5 Å². The molecule has 0 bridgehead atoms. The third-order valence-electron chi connectivity index (χ3n) is 8.75. The molecule has 0 aromatic carbocycles. The molecule has 0 aromatic heterocycles. The molecule has 2 nitrogen and oxygen atoms in total. The van der Waals surface area contributed by atoms with E-state index in [0.29, 0.717) is 0 Å². The van der Waals surface area contributed by atoms with Gasteiger partial charge >= 0.3 is 5.97 Å². The first-order valence-corrected chi connectivity index (χ1v) is 13.4. The van der Waals surface area contributed by atoms with E-state index in [4.69, 9.17) is 4.74 Å². The van der Waals surface area contributed by atoms with Gasteiger partial charge in [0, 0.05) is 0 Å². The Kier molecular flexibility index (Phi) is 9.38. The number of carbonyl (C=O) groups is 1. The predicted octanol–water partition coefficient (Wildman–Crippen LogP) is 8.23. The standard InChI is InChI=1S/C27H48O2/c1-3-5-7-10-22-13-15-25(16-14-22)29-26(28)27(19-4-2)20-17-24(18-21-27)23-11-8-6-9-12-23/h22-25H,3-21H2,1-2H3/t22?,24-,25?,27+. The van der Waals surface area contributed by atoms with E-state index in [1.807, 2.05) is 0 Å². The van der Waals surface area contributed by atoms with E-state index in [0.717, 1.165) is 56.3 Å². The Morgan fingerprint density at radius 2 is 1.45 bits per heavy atom. The van der Waals surface area contributed by atoms with Gasteiger partial charge in [0.05, 0.1) is 5.41 Å². The van der Waals surface area contributed by atoms with Gasteiger partial charge in [0.25, 0.3) is 0 Å². The molecule has 2 heteroatoms. The number of hydrogen-bond acceptors (Lipinski definition) is 2. The van der Waals surface area contributed by atoms with Crippen LogP contribution < -0.4 is 0 Å². The summed E-state index contributed by atoms with van der Waals surface area (Å²) in [6.07, 6.45) is 24.5. The molecule has 0 saturated heterocycles. The quantitative estimate of drug-likeness (QED) is 0.286. The van der Waals surface area contributed by atoms with E-state index in [2.05, 4.69) is 13.8 Å². The van der Waals surface area contributed by atoms with Gasteiger partial charge < -0.3 is 4.74 Å². The van der Waals surface area contributed by atoms with Crippen LogP contribution in [0.15, 0.2) is 0 Å². The molecule has 3 fully saturated rings. The molecule has 3 rings (SSSR count). The highest BCUT2D eigenvalue weighted by Gasteiger charge is 2.44. The van der Waals surface area contributed by atoms with Gasteiger partial charge in [-0.3, -0.25) is 4.79 Å². The summed E-state index contributed by atoms with van der Waals surface area (Å²) in [5.41, 5.74) is -0.155. The van der Waals surface area contributed by atoms with Crippen LogP contribution in [0.3, 0.4) is 0 Å². The maximum atomic E-state index is 13.3. The molecule has 0 amide bonds. The zero-order chi connectivity index (χ0) is 20.5. The molecule has 0 unspecified atom stereocenters. The molecule has 0 aliphatic heterocycles. The summed E-state index contributed by atoms with van der Waals surface area (Å²) in [6.45, 7) is 4.52. The molecule has 168 valence electrons. The van der Waals surface area contributed by atoms with Crippen molar-refractivity contribution in [1.82, 2.24) is 0 Å². The van der Waals surface area contributed by atoms with Crippen molar-refractivity contribution in [3.63, 3.8) is 0 Å². The topological polar surface area (TPSA) is 26.3 Å². The van der Waals surface area contributed by atoms with Gasteiger partial charge in [0.15, 0.2) is 0 Å². The fourth-order valence-corrected chi connectivity index (χ4v) is 6.80. The largest absolute Gasteiger partial charge is 0.462 e. The second kappa shape index (κ2) is 11.8. The SMILES string of the molecule is CCCCCC1CCC(OC(=O)[C@]2(CCC)CC[C@H](C3CCCCC3)CC2)CC1. The Bertz CT molecular complexity index is 463. The monoisotopic (exact) mass is 404 g/mol. The summed E-state index contributed by atoms with van der Waals surface area (Å²) in [4.78, 5) is 13.3. The normalized spacial score (nSPS) is 34.1. The first kappa shape index (κ1) is 23.1. The lowest BCUT2D eigenvalue weighted by atomic mass is 9.64. The average molecular weight is 405 g/mol. The molecule has 3 aliphatic carbocycles. The van der Waals surface area contributed by atoms with Crippen LogP contribution in [0.2, 0.25) is 0 Å². The Morgan fingerprint density at radius 3 is 2.07 bits per heavy atom. The number of rotatable bonds is 9. The molecule has 0 spiro atoms.